The number of benzene rings is 2. The van der Waals surface area contributed by atoms with Gasteiger partial charge in [-0.25, -0.2) is 0 Å². The van der Waals surface area contributed by atoms with Crippen LogP contribution in [0.1, 0.15) is 56.7 Å². The van der Waals surface area contributed by atoms with Crippen LogP contribution in [0.3, 0.4) is 0 Å². The number of carbonyl (C=O) groups excluding carboxylic acids is 2. The lowest BCUT2D eigenvalue weighted by atomic mass is 9.92. The van der Waals surface area contributed by atoms with Crippen molar-refractivity contribution in [2.24, 2.45) is 5.92 Å². The Kier molecular flexibility index (Phi) is 8.19. The predicted octanol–water partition coefficient (Wildman–Crippen LogP) is 4.80. The molecule has 2 atom stereocenters. The standard InChI is InChI=1S/C21H22N2O2S.C5H12/c1-13-20(24)22-19(17-10-14-6-2-3-7-15(14)11-17)21(25)23(13)12-16-8-4-5-9-18(16)26;1-3-5-4-2/h2-9,13,17,19,26H,10-12H2,1H3,(H,22,24);3-5H2,1-2H3/t13-,19?;/m1./s1. The van der Waals surface area contributed by atoms with E-state index in [9.17, 15) is 9.59 Å². The first-order chi connectivity index (χ1) is 15.0. The number of nitrogens with one attached hydrogen (secondary N) is 1. The normalized spacial score (nSPS) is 20.7. The van der Waals surface area contributed by atoms with Crippen LogP contribution in [0.25, 0.3) is 0 Å². The van der Waals surface area contributed by atoms with Gasteiger partial charge >= 0.3 is 0 Å². The number of thiol groups is 1. The zero-order valence-electron chi connectivity index (χ0n) is 18.8. The summed E-state index contributed by atoms with van der Waals surface area (Å²) in [5.41, 5.74) is 3.52. The predicted molar refractivity (Wildman–Crippen MR) is 128 cm³/mol. The van der Waals surface area contributed by atoms with Crippen LogP contribution in [0.2, 0.25) is 0 Å². The summed E-state index contributed by atoms with van der Waals surface area (Å²) in [5.74, 6) is 0.0405. The van der Waals surface area contributed by atoms with Gasteiger partial charge in [0.1, 0.15) is 12.1 Å². The van der Waals surface area contributed by atoms with Gasteiger partial charge in [-0.1, -0.05) is 75.6 Å². The molecule has 0 bridgehead atoms. The molecule has 1 aliphatic carbocycles. The maximum absolute atomic E-state index is 13.2. The Morgan fingerprint density at radius 3 is 2.10 bits per heavy atom. The Balaban J connectivity index is 0.000000491. The summed E-state index contributed by atoms with van der Waals surface area (Å²) < 4.78 is 0. The lowest BCUT2D eigenvalue weighted by molar-refractivity contribution is -0.150. The van der Waals surface area contributed by atoms with E-state index in [4.69, 9.17) is 0 Å². The maximum atomic E-state index is 13.2. The third kappa shape index (κ3) is 5.51. The number of hydrogen-bond acceptors (Lipinski definition) is 3. The Morgan fingerprint density at radius 1 is 0.968 bits per heavy atom. The van der Waals surface area contributed by atoms with Crippen LogP contribution >= 0.6 is 12.6 Å². The van der Waals surface area contributed by atoms with Gasteiger partial charge < -0.3 is 10.2 Å². The molecule has 0 spiro atoms. The molecule has 4 rings (SSSR count). The molecule has 2 aliphatic rings. The van der Waals surface area contributed by atoms with Crippen LogP contribution in [0.15, 0.2) is 53.4 Å². The molecule has 2 amide bonds. The molecular weight excluding hydrogens is 404 g/mol. The van der Waals surface area contributed by atoms with Crippen molar-refractivity contribution in [3.8, 4) is 0 Å². The molecule has 0 radical (unpaired) electrons. The van der Waals surface area contributed by atoms with Crippen LogP contribution in [0.5, 0.6) is 0 Å². The minimum Gasteiger partial charge on any atom is -0.342 e. The number of rotatable bonds is 5. The molecular formula is C26H34N2O2S. The lowest BCUT2D eigenvalue weighted by Crippen LogP contribution is -2.64. The smallest absolute Gasteiger partial charge is 0.246 e. The summed E-state index contributed by atoms with van der Waals surface area (Å²) in [5, 5.41) is 2.97. The molecule has 1 fully saturated rings. The molecule has 1 aliphatic heterocycles. The number of carbonyl (C=O) groups is 2. The van der Waals surface area contributed by atoms with Gasteiger partial charge in [-0.05, 0) is 48.4 Å². The molecule has 0 aromatic heterocycles. The highest BCUT2D eigenvalue weighted by Crippen LogP contribution is 2.31. The molecule has 1 saturated heterocycles. The molecule has 166 valence electrons. The van der Waals surface area contributed by atoms with Crippen molar-refractivity contribution in [2.45, 2.75) is 76.4 Å². The van der Waals surface area contributed by atoms with Gasteiger partial charge in [0.2, 0.25) is 11.8 Å². The SMILES string of the molecule is CCCCC.C[C@@H]1C(=O)NC(C2Cc3ccccc3C2)C(=O)N1Cc1ccccc1S. The van der Waals surface area contributed by atoms with Crippen molar-refractivity contribution in [1.82, 2.24) is 10.2 Å². The highest BCUT2D eigenvalue weighted by molar-refractivity contribution is 7.80. The van der Waals surface area contributed by atoms with E-state index in [-0.39, 0.29) is 17.7 Å². The maximum Gasteiger partial charge on any atom is 0.246 e. The van der Waals surface area contributed by atoms with Crippen LogP contribution in [0.4, 0.5) is 0 Å². The fraction of sp³-hybridized carbons (Fsp3) is 0.462. The van der Waals surface area contributed by atoms with Crippen LogP contribution < -0.4 is 5.32 Å². The van der Waals surface area contributed by atoms with Crippen molar-refractivity contribution in [2.75, 3.05) is 0 Å². The van der Waals surface area contributed by atoms with E-state index >= 15 is 0 Å². The summed E-state index contributed by atoms with van der Waals surface area (Å²) in [7, 11) is 0. The fourth-order valence-electron chi connectivity index (χ4n) is 4.39. The number of hydrogen-bond donors (Lipinski definition) is 2. The minimum atomic E-state index is -0.476. The zero-order valence-corrected chi connectivity index (χ0v) is 19.7. The fourth-order valence-corrected chi connectivity index (χ4v) is 4.62. The Bertz CT molecular complexity index is 887. The third-order valence-corrected chi connectivity index (χ3v) is 6.72. The molecule has 2 aromatic rings. The number of amides is 2. The first kappa shape index (κ1) is 23.4. The van der Waals surface area contributed by atoms with E-state index < -0.39 is 12.1 Å². The third-order valence-electron chi connectivity index (χ3n) is 6.29. The molecule has 0 saturated carbocycles. The second-order valence-electron chi connectivity index (χ2n) is 8.55. The number of fused-ring (bicyclic) bond motifs is 1. The average molecular weight is 439 g/mol. The molecule has 31 heavy (non-hydrogen) atoms. The Labute approximate surface area is 191 Å². The van der Waals surface area contributed by atoms with E-state index in [1.54, 1.807) is 11.8 Å². The summed E-state index contributed by atoms with van der Waals surface area (Å²) in [6.07, 6.45) is 5.74. The van der Waals surface area contributed by atoms with Gasteiger partial charge in [0.25, 0.3) is 0 Å². The summed E-state index contributed by atoms with van der Waals surface area (Å²) in [6.45, 7) is 6.62. The van der Waals surface area contributed by atoms with Crippen molar-refractivity contribution in [3.05, 3.63) is 65.2 Å². The average Bonchev–Trinajstić information content (AvgIpc) is 3.20. The van der Waals surface area contributed by atoms with Gasteiger partial charge in [0, 0.05) is 11.4 Å². The highest BCUT2D eigenvalue weighted by Gasteiger charge is 2.43. The summed E-state index contributed by atoms with van der Waals surface area (Å²) >= 11 is 4.48. The molecule has 1 heterocycles. The second-order valence-corrected chi connectivity index (χ2v) is 9.03. The van der Waals surface area contributed by atoms with Gasteiger partial charge in [0.05, 0.1) is 0 Å². The van der Waals surface area contributed by atoms with Crippen LogP contribution in [-0.4, -0.2) is 28.8 Å². The molecule has 1 unspecified atom stereocenters. The van der Waals surface area contributed by atoms with E-state index in [0.717, 1.165) is 23.3 Å². The minimum absolute atomic E-state index is 0.00601. The summed E-state index contributed by atoms with van der Waals surface area (Å²) in [6, 6.07) is 15.1. The van der Waals surface area contributed by atoms with Crippen molar-refractivity contribution < 1.29 is 9.59 Å². The number of unbranched alkanes of at least 4 members (excludes halogenated alkanes) is 2. The topological polar surface area (TPSA) is 49.4 Å². The van der Waals surface area contributed by atoms with Crippen LogP contribution in [-0.2, 0) is 29.0 Å². The molecule has 5 heteroatoms. The Hall–Kier alpha value is -2.27. The van der Waals surface area contributed by atoms with Crippen LogP contribution in [0, 0.1) is 5.92 Å². The van der Waals surface area contributed by atoms with Crippen molar-refractivity contribution >= 4 is 24.4 Å². The summed E-state index contributed by atoms with van der Waals surface area (Å²) in [4.78, 5) is 28.3. The van der Waals surface area contributed by atoms with Gasteiger partial charge in [-0.2, -0.15) is 0 Å². The molecule has 4 nitrogen and oxygen atoms in total. The number of nitrogens with zero attached hydrogens (tertiary/aromatic N) is 1. The van der Waals surface area contributed by atoms with E-state index in [2.05, 4.69) is 43.9 Å². The zero-order chi connectivity index (χ0) is 22.4. The molecule has 1 N–H and O–H groups in total. The van der Waals surface area contributed by atoms with Gasteiger partial charge in [0.15, 0.2) is 0 Å². The van der Waals surface area contributed by atoms with E-state index in [1.807, 2.05) is 36.4 Å². The Morgan fingerprint density at radius 2 is 1.55 bits per heavy atom. The lowest BCUT2D eigenvalue weighted by Gasteiger charge is -2.39. The second kappa shape index (κ2) is 10.9. The monoisotopic (exact) mass is 438 g/mol. The quantitative estimate of drug-likeness (QED) is 0.659. The van der Waals surface area contributed by atoms with E-state index in [0.29, 0.717) is 6.54 Å². The highest BCUT2D eigenvalue weighted by atomic mass is 32.1. The van der Waals surface area contributed by atoms with Crippen molar-refractivity contribution in [3.63, 3.8) is 0 Å². The van der Waals surface area contributed by atoms with Crippen molar-refractivity contribution in [1.29, 1.82) is 0 Å². The van der Waals surface area contributed by atoms with Gasteiger partial charge in [-0.15, -0.1) is 12.6 Å². The number of piperazine rings is 1. The van der Waals surface area contributed by atoms with E-state index in [1.165, 1.54) is 30.4 Å². The van der Waals surface area contributed by atoms with Gasteiger partial charge in [-0.3, -0.25) is 9.59 Å². The first-order valence-electron chi connectivity index (χ1n) is 11.4. The first-order valence-corrected chi connectivity index (χ1v) is 11.8. The largest absolute Gasteiger partial charge is 0.342 e. The molecule has 2 aromatic carbocycles.